The lowest BCUT2D eigenvalue weighted by molar-refractivity contribution is -0.384. The number of fused-ring (bicyclic) bond motifs is 1. The second-order valence-electron chi connectivity index (χ2n) is 4.96. The van der Waals surface area contributed by atoms with Gasteiger partial charge < -0.3 is 4.57 Å². The molecule has 0 atom stereocenters. The Bertz CT molecular complexity index is 976. The fourth-order valence-corrected chi connectivity index (χ4v) is 2.46. The predicted molar refractivity (Wildman–Crippen MR) is 88.3 cm³/mol. The van der Waals surface area contributed by atoms with Crippen molar-refractivity contribution in [2.45, 2.75) is 6.54 Å². The summed E-state index contributed by atoms with van der Waals surface area (Å²) in [6.45, 7) is 4.01. The van der Waals surface area contributed by atoms with Crippen molar-refractivity contribution in [2.75, 3.05) is 0 Å². The zero-order valence-corrected chi connectivity index (χ0v) is 12.2. The van der Waals surface area contributed by atoms with Gasteiger partial charge in [0.1, 0.15) is 5.69 Å². The van der Waals surface area contributed by atoms with E-state index in [0.717, 1.165) is 0 Å². The van der Waals surface area contributed by atoms with Crippen LogP contribution in [0.25, 0.3) is 22.3 Å². The summed E-state index contributed by atoms with van der Waals surface area (Å²) < 4.78 is 1.56. The first kappa shape index (κ1) is 14.6. The van der Waals surface area contributed by atoms with Gasteiger partial charge in [-0.3, -0.25) is 14.9 Å². The summed E-state index contributed by atoms with van der Waals surface area (Å²) in [4.78, 5) is 27.6. The van der Waals surface area contributed by atoms with Gasteiger partial charge in [-0.25, -0.2) is 4.98 Å². The fraction of sp³-hybridized carbons (Fsp3) is 0.0588. The number of nitro groups is 1. The van der Waals surface area contributed by atoms with Crippen LogP contribution in [0.1, 0.15) is 0 Å². The van der Waals surface area contributed by atoms with Gasteiger partial charge in [0, 0.05) is 24.2 Å². The maximum Gasteiger partial charge on any atom is 0.277 e. The standard InChI is InChI=1S/C17H13N3O3/c1-2-10-19-15-9-4-3-8-14(15)18-16(17(19)21)12-6-5-7-13(11-12)20(22)23/h2-9,11H,1,10H2. The normalized spacial score (nSPS) is 10.6. The predicted octanol–water partition coefficient (Wildman–Crippen LogP) is 3.16. The van der Waals surface area contributed by atoms with E-state index in [1.807, 2.05) is 18.2 Å². The smallest absolute Gasteiger partial charge is 0.277 e. The van der Waals surface area contributed by atoms with Crippen LogP contribution < -0.4 is 5.56 Å². The van der Waals surface area contributed by atoms with Crippen LogP contribution >= 0.6 is 0 Å². The molecule has 2 aromatic carbocycles. The summed E-state index contributed by atoms with van der Waals surface area (Å²) in [6, 6.07) is 13.2. The molecule has 1 aromatic heterocycles. The van der Waals surface area contributed by atoms with E-state index < -0.39 is 4.92 Å². The number of nitrogens with zero attached hydrogens (tertiary/aromatic N) is 3. The summed E-state index contributed by atoms with van der Waals surface area (Å²) in [6.07, 6.45) is 1.63. The molecule has 0 bridgehead atoms. The molecule has 3 rings (SSSR count). The van der Waals surface area contributed by atoms with Crippen LogP contribution in [0.2, 0.25) is 0 Å². The quantitative estimate of drug-likeness (QED) is 0.421. The SMILES string of the molecule is C=CCn1c(=O)c(-c2cccc([N+](=O)[O-])c2)nc2ccccc21. The Hall–Kier alpha value is -3.28. The zero-order chi connectivity index (χ0) is 16.4. The minimum absolute atomic E-state index is 0.0767. The van der Waals surface area contributed by atoms with Crippen LogP contribution in [0.15, 0.2) is 66.0 Å². The maximum atomic E-state index is 12.7. The largest absolute Gasteiger partial charge is 0.301 e. The van der Waals surface area contributed by atoms with Gasteiger partial charge in [0.05, 0.1) is 16.0 Å². The van der Waals surface area contributed by atoms with E-state index in [4.69, 9.17) is 0 Å². The molecule has 0 fully saturated rings. The van der Waals surface area contributed by atoms with Crippen molar-refractivity contribution in [3.63, 3.8) is 0 Å². The molecule has 114 valence electrons. The van der Waals surface area contributed by atoms with E-state index in [2.05, 4.69) is 11.6 Å². The molecule has 0 spiro atoms. The summed E-state index contributed by atoms with van der Waals surface area (Å²) in [7, 11) is 0. The molecule has 6 heteroatoms. The van der Waals surface area contributed by atoms with Crippen molar-refractivity contribution < 1.29 is 4.92 Å². The Morgan fingerprint density at radius 1 is 1.22 bits per heavy atom. The number of hydrogen-bond donors (Lipinski definition) is 0. The van der Waals surface area contributed by atoms with Gasteiger partial charge in [-0.2, -0.15) is 0 Å². The van der Waals surface area contributed by atoms with Crippen LogP contribution in [0.5, 0.6) is 0 Å². The summed E-state index contributed by atoms with van der Waals surface area (Å²) in [5.41, 5.74) is 1.58. The molecule has 0 saturated heterocycles. The number of nitro benzene ring substituents is 1. The molecule has 0 aliphatic carbocycles. The first-order valence-corrected chi connectivity index (χ1v) is 6.97. The molecule has 0 aliphatic heterocycles. The van der Waals surface area contributed by atoms with Gasteiger partial charge in [-0.1, -0.05) is 30.3 Å². The Kier molecular flexibility index (Phi) is 3.72. The van der Waals surface area contributed by atoms with Crippen LogP contribution in [0.4, 0.5) is 5.69 Å². The molecule has 0 radical (unpaired) electrons. The highest BCUT2D eigenvalue weighted by Gasteiger charge is 2.14. The fourth-order valence-electron chi connectivity index (χ4n) is 2.46. The van der Waals surface area contributed by atoms with Gasteiger partial charge in [0.2, 0.25) is 0 Å². The highest BCUT2D eigenvalue weighted by atomic mass is 16.6. The Morgan fingerprint density at radius 3 is 2.74 bits per heavy atom. The number of hydrogen-bond acceptors (Lipinski definition) is 4. The number of para-hydroxylation sites is 2. The van der Waals surface area contributed by atoms with Crippen LogP contribution in [-0.2, 0) is 6.54 Å². The van der Waals surface area contributed by atoms with Gasteiger partial charge in [-0.05, 0) is 12.1 Å². The first-order valence-electron chi connectivity index (χ1n) is 6.97. The third kappa shape index (κ3) is 2.62. The van der Waals surface area contributed by atoms with E-state index in [0.29, 0.717) is 23.1 Å². The minimum Gasteiger partial charge on any atom is -0.301 e. The van der Waals surface area contributed by atoms with Crippen LogP contribution in [0, 0.1) is 10.1 Å². The Balaban J connectivity index is 2.32. The lowest BCUT2D eigenvalue weighted by Gasteiger charge is -2.10. The number of benzene rings is 2. The lowest BCUT2D eigenvalue weighted by Crippen LogP contribution is -2.23. The second-order valence-corrected chi connectivity index (χ2v) is 4.96. The van der Waals surface area contributed by atoms with Crippen LogP contribution in [0.3, 0.4) is 0 Å². The topological polar surface area (TPSA) is 78.0 Å². The first-order chi connectivity index (χ1) is 11.1. The molecule has 0 saturated carbocycles. The van der Waals surface area contributed by atoms with E-state index >= 15 is 0 Å². The van der Waals surface area contributed by atoms with Crippen LogP contribution in [-0.4, -0.2) is 14.5 Å². The zero-order valence-electron chi connectivity index (χ0n) is 12.2. The Labute approximate surface area is 131 Å². The molecule has 6 nitrogen and oxygen atoms in total. The van der Waals surface area contributed by atoms with Crippen molar-refractivity contribution in [1.82, 2.24) is 9.55 Å². The summed E-state index contributed by atoms with van der Waals surface area (Å²) in [5, 5.41) is 10.9. The molecule has 0 unspecified atom stereocenters. The average Bonchev–Trinajstić information content (AvgIpc) is 2.57. The summed E-state index contributed by atoms with van der Waals surface area (Å²) in [5.74, 6) is 0. The number of non-ortho nitro benzene ring substituents is 1. The number of allylic oxidation sites excluding steroid dienone is 1. The van der Waals surface area contributed by atoms with E-state index in [1.54, 1.807) is 28.8 Å². The molecule has 23 heavy (non-hydrogen) atoms. The molecule has 3 aromatic rings. The molecule has 0 amide bonds. The van der Waals surface area contributed by atoms with Crippen molar-refractivity contribution in [3.05, 3.63) is 81.7 Å². The van der Waals surface area contributed by atoms with Crippen molar-refractivity contribution in [3.8, 4) is 11.3 Å². The Morgan fingerprint density at radius 2 is 2.00 bits per heavy atom. The molecular formula is C17H13N3O3. The molecular weight excluding hydrogens is 294 g/mol. The van der Waals surface area contributed by atoms with Gasteiger partial charge in [0.25, 0.3) is 11.2 Å². The van der Waals surface area contributed by atoms with Gasteiger partial charge in [0.15, 0.2) is 0 Å². The summed E-state index contributed by atoms with van der Waals surface area (Å²) >= 11 is 0. The van der Waals surface area contributed by atoms with Crippen molar-refractivity contribution in [2.24, 2.45) is 0 Å². The van der Waals surface area contributed by atoms with E-state index in [-0.39, 0.29) is 16.9 Å². The van der Waals surface area contributed by atoms with Crippen molar-refractivity contribution in [1.29, 1.82) is 0 Å². The lowest BCUT2D eigenvalue weighted by atomic mass is 10.1. The third-order valence-electron chi connectivity index (χ3n) is 3.49. The molecule has 1 heterocycles. The van der Waals surface area contributed by atoms with Gasteiger partial charge in [-0.15, -0.1) is 6.58 Å². The minimum atomic E-state index is -0.493. The monoisotopic (exact) mass is 307 g/mol. The molecule has 0 aliphatic rings. The van der Waals surface area contributed by atoms with Crippen molar-refractivity contribution >= 4 is 16.7 Å². The average molecular weight is 307 g/mol. The molecule has 0 N–H and O–H groups in total. The number of rotatable bonds is 4. The highest BCUT2D eigenvalue weighted by Crippen LogP contribution is 2.22. The third-order valence-corrected chi connectivity index (χ3v) is 3.49. The van der Waals surface area contributed by atoms with E-state index in [1.165, 1.54) is 12.1 Å². The van der Waals surface area contributed by atoms with Gasteiger partial charge >= 0.3 is 0 Å². The maximum absolute atomic E-state index is 12.7. The van der Waals surface area contributed by atoms with E-state index in [9.17, 15) is 14.9 Å². The second kappa shape index (κ2) is 5.84. The number of aromatic nitrogens is 2. The highest BCUT2D eigenvalue weighted by molar-refractivity contribution is 5.78.